The molecule has 4 aromatic rings. The maximum absolute atomic E-state index is 12.9. The molecule has 1 aliphatic rings. The van der Waals surface area contributed by atoms with Gasteiger partial charge in [-0.2, -0.15) is 10.2 Å². The van der Waals surface area contributed by atoms with Crippen molar-refractivity contribution < 1.29 is 14.3 Å². The summed E-state index contributed by atoms with van der Waals surface area (Å²) in [6.45, 7) is 3.35. The normalized spacial score (nSPS) is 15.5. The molecule has 3 aromatic heterocycles. The number of fused-ring (bicyclic) bond motifs is 1. The summed E-state index contributed by atoms with van der Waals surface area (Å²) in [6.07, 6.45) is 6.95. The fourth-order valence-corrected chi connectivity index (χ4v) is 5.47. The highest BCUT2D eigenvalue weighted by Gasteiger charge is 2.28. The van der Waals surface area contributed by atoms with Crippen LogP contribution in [0, 0.1) is 6.92 Å². The summed E-state index contributed by atoms with van der Waals surface area (Å²) in [5.74, 6) is 0.333. The number of carbonyl (C=O) groups excluding carboxylic acids is 2. The third kappa shape index (κ3) is 4.99. The molecule has 188 valence electrons. The number of nitrogens with zero attached hydrogens (tertiary/aromatic N) is 5. The number of H-pyrrole nitrogens is 1. The molecule has 0 spiro atoms. The maximum atomic E-state index is 12.9. The first-order chi connectivity index (χ1) is 17.4. The van der Waals surface area contributed by atoms with E-state index in [1.165, 1.54) is 17.5 Å². The Morgan fingerprint density at radius 1 is 1.33 bits per heavy atom. The number of anilines is 3. The Balaban J connectivity index is 1.24. The van der Waals surface area contributed by atoms with E-state index in [1.807, 2.05) is 30.2 Å². The van der Waals surface area contributed by atoms with Crippen molar-refractivity contribution >= 4 is 66.6 Å². The molecule has 4 heterocycles. The minimum Gasteiger partial charge on any atom is -0.383 e. The Morgan fingerprint density at radius 3 is 3.03 bits per heavy atom. The number of nitrogens with one attached hydrogen (secondary N) is 3. The quantitative estimate of drug-likeness (QED) is 0.291. The number of likely N-dealkylation sites (tertiary alicyclic amines) is 1. The van der Waals surface area contributed by atoms with Gasteiger partial charge in [0.25, 0.3) is 5.91 Å². The van der Waals surface area contributed by atoms with Crippen molar-refractivity contribution in [2.45, 2.75) is 32.4 Å². The topological polar surface area (TPSA) is 130 Å². The zero-order valence-corrected chi connectivity index (χ0v) is 22.1. The van der Waals surface area contributed by atoms with Gasteiger partial charge in [-0.1, -0.05) is 11.3 Å². The zero-order chi connectivity index (χ0) is 25.2. The van der Waals surface area contributed by atoms with Gasteiger partial charge in [-0.05, 0) is 47.8 Å². The van der Waals surface area contributed by atoms with Gasteiger partial charge in [0.15, 0.2) is 10.9 Å². The lowest BCUT2D eigenvalue weighted by Crippen LogP contribution is -2.40. The van der Waals surface area contributed by atoms with Crippen LogP contribution in [0.15, 0.2) is 35.2 Å². The number of ether oxygens (including phenoxy) is 1. The Morgan fingerprint density at radius 2 is 2.19 bits per heavy atom. The molecule has 1 saturated heterocycles. The van der Waals surface area contributed by atoms with Gasteiger partial charge in [0, 0.05) is 35.3 Å². The molecule has 36 heavy (non-hydrogen) atoms. The highest BCUT2D eigenvalue weighted by molar-refractivity contribution is 9.10. The predicted molar refractivity (Wildman–Crippen MR) is 141 cm³/mol. The second-order valence-electron chi connectivity index (χ2n) is 8.56. The lowest BCUT2D eigenvalue weighted by Gasteiger charge is -2.24. The van der Waals surface area contributed by atoms with E-state index in [1.54, 1.807) is 18.0 Å². The third-order valence-corrected chi connectivity index (χ3v) is 7.64. The molecule has 0 aliphatic carbocycles. The van der Waals surface area contributed by atoms with Gasteiger partial charge in [-0.3, -0.25) is 19.4 Å². The Hall–Kier alpha value is -3.29. The van der Waals surface area contributed by atoms with Gasteiger partial charge in [-0.25, -0.2) is 4.98 Å². The van der Waals surface area contributed by atoms with Crippen LogP contribution < -0.4 is 10.6 Å². The molecule has 11 nitrogen and oxygen atoms in total. The molecule has 5 rings (SSSR count). The molecule has 3 N–H and O–H groups in total. The minimum atomic E-state index is -0.279. The van der Waals surface area contributed by atoms with Gasteiger partial charge in [0.1, 0.15) is 11.4 Å². The Bertz CT molecular complexity index is 1410. The first kappa shape index (κ1) is 24.4. The summed E-state index contributed by atoms with van der Waals surface area (Å²) in [7, 11) is 1.65. The number of methoxy groups -OCH3 is 1. The van der Waals surface area contributed by atoms with Crippen LogP contribution in [0.5, 0.6) is 0 Å². The fraction of sp³-hybridized carbons (Fsp3) is 0.348. The smallest absolute Gasteiger partial charge is 0.267 e. The van der Waals surface area contributed by atoms with E-state index >= 15 is 0 Å². The second kappa shape index (κ2) is 10.4. The molecule has 2 amide bonds. The number of benzene rings is 1. The lowest BCUT2D eigenvalue weighted by atomic mass is 10.2. The van der Waals surface area contributed by atoms with Crippen molar-refractivity contribution in [3.05, 3.63) is 45.6 Å². The Labute approximate surface area is 219 Å². The number of rotatable bonds is 8. The molecular weight excluding hydrogens is 548 g/mol. The molecule has 1 atom stereocenters. The summed E-state index contributed by atoms with van der Waals surface area (Å²) < 4.78 is 7.64. The van der Waals surface area contributed by atoms with Crippen molar-refractivity contribution in [3.8, 4) is 0 Å². The average molecular weight is 573 g/mol. The second-order valence-corrected chi connectivity index (χ2v) is 10.4. The lowest BCUT2D eigenvalue weighted by molar-refractivity contribution is -0.133. The average Bonchev–Trinajstić information content (AvgIpc) is 3.64. The van der Waals surface area contributed by atoms with Crippen LogP contribution in [0.2, 0.25) is 0 Å². The molecule has 0 radical (unpaired) electrons. The van der Waals surface area contributed by atoms with Gasteiger partial charge >= 0.3 is 0 Å². The highest BCUT2D eigenvalue weighted by atomic mass is 79.9. The van der Waals surface area contributed by atoms with E-state index in [-0.39, 0.29) is 24.4 Å². The molecule has 0 unspecified atom stereocenters. The number of hydrogen-bond acceptors (Lipinski definition) is 8. The van der Waals surface area contributed by atoms with Gasteiger partial charge in [0.05, 0.1) is 36.2 Å². The van der Waals surface area contributed by atoms with Crippen molar-refractivity contribution in [1.29, 1.82) is 0 Å². The SMILES string of the molecule is COC[C@@H]1CCCN1C(=O)Cn1cc(C)c(Nc2ncc(C(=O)Nc3c(Br)ccc4[nH]ncc34)s2)n1. The van der Waals surface area contributed by atoms with E-state index in [2.05, 4.69) is 46.8 Å². The van der Waals surface area contributed by atoms with Crippen LogP contribution in [-0.2, 0) is 16.1 Å². The van der Waals surface area contributed by atoms with E-state index < -0.39 is 0 Å². The first-order valence-corrected chi connectivity index (χ1v) is 13.0. The van der Waals surface area contributed by atoms with E-state index in [4.69, 9.17) is 4.74 Å². The van der Waals surface area contributed by atoms with Crippen LogP contribution in [0.3, 0.4) is 0 Å². The fourth-order valence-electron chi connectivity index (χ4n) is 4.32. The minimum absolute atomic E-state index is 0.0237. The van der Waals surface area contributed by atoms with E-state index in [0.717, 1.165) is 40.3 Å². The highest BCUT2D eigenvalue weighted by Crippen LogP contribution is 2.32. The maximum Gasteiger partial charge on any atom is 0.267 e. The number of aromatic nitrogens is 5. The largest absolute Gasteiger partial charge is 0.383 e. The summed E-state index contributed by atoms with van der Waals surface area (Å²) >= 11 is 4.70. The van der Waals surface area contributed by atoms with Crippen molar-refractivity contribution in [2.24, 2.45) is 0 Å². The number of aryl methyl sites for hydroxylation is 1. The number of halogens is 1. The summed E-state index contributed by atoms with van der Waals surface area (Å²) in [4.78, 5) is 32.4. The van der Waals surface area contributed by atoms with Gasteiger partial charge in [-0.15, -0.1) is 0 Å². The molecule has 1 fully saturated rings. The van der Waals surface area contributed by atoms with Crippen LogP contribution >= 0.6 is 27.3 Å². The summed E-state index contributed by atoms with van der Waals surface area (Å²) in [5.41, 5.74) is 2.33. The molecule has 1 aliphatic heterocycles. The Kier molecular flexibility index (Phi) is 7.03. The van der Waals surface area contributed by atoms with E-state index in [9.17, 15) is 9.59 Å². The van der Waals surface area contributed by atoms with Gasteiger partial charge in [0.2, 0.25) is 5.91 Å². The van der Waals surface area contributed by atoms with Crippen molar-refractivity contribution in [2.75, 3.05) is 30.9 Å². The standard InChI is InChI=1S/C23H25BrN8O3S/c1-13-10-31(11-19(33)32-7-3-4-14(32)12-35-2)30-21(13)28-23-25-9-18(36-23)22(34)27-20-15-8-26-29-17(15)6-5-16(20)24/h5-6,8-10,14H,3-4,7,11-12H2,1-2H3,(H,26,29)(H,27,34)(H,25,28,30)/t14-/m0/s1. The van der Waals surface area contributed by atoms with E-state index in [0.29, 0.717) is 28.1 Å². The summed E-state index contributed by atoms with van der Waals surface area (Å²) in [5, 5.41) is 18.9. The van der Waals surface area contributed by atoms with Crippen LogP contribution in [0.1, 0.15) is 28.1 Å². The number of hydrogen-bond donors (Lipinski definition) is 3. The van der Waals surface area contributed by atoms with Crippen LogP contribution in [0.25, 0.3) is 10.9 Å². The molecular formula is C23H25BrN8O3S. The molecule has 0 saturated carbocycles. The van der Waals surface area contributed by atoms with Crippen LogP contribution in [-0.4, -0.2) is 68.0 Å². The molecule has 13 heteroatoms. The van der Waals surface area contributed by atoms with Crippen molar-refractivity contribution in [3.63, 3.8) is 0 Å². The van der Waals surface area contributed by atoms with Crippen LogP contribution in [0.4, 0.5) is 16.6 Å². The first-order valence-electron chi connectivity index (χ1n) is 11.4. The number of amides is 2. The number of aromatic amines is 1. The number of carbonyl (C=O) groups is 2. The van der Waals surface area contributed by atoms with Gasteiger partial charge < -0.3 is 20.3 Å². The molecule has 1 aromatic carbocycles. The number of thiazole rings is 1. The zero-order valence-electron chi connectivity index (χ0n) is 19.7. The molecule has 0 bridgehead atoms. The summed E-state index contributed by atoms with van der Waals surface area (Å²) in [6, 6.07) is 3.86. The third-order valence-electron chi connectivity index (χ3n) is 6.07. The predicted octanol–water partition coefficient (Wildman–Crippen LogP) is 3.92. The van der Waals surface area contributed by atoms with Crippen molar-refractivity contribution in [1.82, 2.24) is 29.9 Å². The monoisotopic (exact) mass is 572 g/mol.